The summed E-state index contributed by atoms with van der Waals surface area (Å²) in [5.74, 6) is 1.31. The molecule has 29 heavy (non-hydrogen) atoms. The SMILES string of the molecule is CC(C)C(C)(C)OC(COc1ccccc1)CC(C)(C)N(C)Cc1ccccc1. The highest BCUT2D eigenvalue weighted by Gasteiger charge is 2.33. The van der Waals surface area contributed by atoms with Gasteiger partial charge in [0.05, 0.1) is 11.7 Å². The highest BCUT2D eigenvalue weighted by Crippen LogP contribution is 2.29. The third kappa shape index (κ3) is 7.49. The quantitative estimate of drug-likeness (QED) is 0.451. The number of para-hydroxylation sites is 1. The van der Waals surface area contributed by atoms with E-state index in [1.807, 2.05) is 30.3 Å². The van der Waals surface area contributed by atoms with Crippen LogP contribution in [0.4, 0.5) is 0 Å². The van der Waals surface area contributed by atoms with E-state index < -0.39 is 0 Å². The molecule has 0 N–H and O–H groups in total. The Hall–Kier alpha value is -1.84. The highest BCUT2D eigenvalue weighted by atomic mass is 16.5. The normalized spacial score (nSPS) is 13.7. The molecule has 0 heterocycles. The van der Waals surface area contributed by atoms with Gasteiger partial charge in [0.25, 0.3) is 0 Å². The predicted molar refractivity (Wildman–Crippen MR) is 122 cm³/mol. The predicted octanol–water partition coefficient (Wildman–Crippen LogP) is 6.19. The Labute approximate surface area is 178 Å². The van der Waals surface area contributed by atoms with Gasteiger partial charge < -0.3 is 9.47 Å². The van der Waals surface area contributed by atoms with Gasteiger partial charge in [-0.2, -0.15) is 0 Å². The third-order valence-corrected chi connectivity index (χ3v) is 6.06. The number of hydrogen-bond acceptors (Lipinski definition) is 3. The van der Waals surface area contributed by atoms with Crippen LogP contribution in [0, 0.1) is 5.92 Å². The lowest BCUT2D eigenvalue weighted by Crippen LogP contribution is -2.47. The van der Waals surface area contributed by atoms with Gasteiger partial charge in [0, 0.05) is 12.1 Å². The lowest BCUT2D eigenvalue weighted by Gasteiger charge is -2.41. The molecule has 3 nitrogen and oxygen atoms in total. The van der Waals surface area contributed by atoms with Crippen molar-refractivity contribution in [2.75, 3.05) is 13.7 Å². The minimum atomic E-state index is -0.210. The largest absolute Gasteiger partial charge is 0.491 e. The van der Waals surface area contributed by atoms with Crippen LogP contribution in [-0.4, -0.2) is 35.8 Å². The van der Waals surface area contributed by atoms with E-state index in [0.29, 0.717) is 12.5 Å². The van der Waals surface area contributed by atoms with E-state index in [2.05, 4.69) is 83.8 Å². The summed E-state index contributed by atoms with van der Waals surface area (Å²) in [4.78, 5) is 2.41. The fourth-order valence-corrected chi connectivity index (χ4v) is 3.19. The van der Waals surface area contributed by atoms with Crippen molar-refractivity contribution < 1.29 is 9.47 Å². The van der Waals surface area contributed by atoms with Crippen LogP contribution in [-0.2, 0) is 11.3 Å². The molecule has 0 saturated carbocycles. The first-order valence-corrected chi connectivity index (χ1v) is 10.7. The Bertz CT molecular complexity index is 710. The Kier molecular flexibility index (Phi) is 8.30. The van der Waals surface area contributed by atoms with E-state index in [-0.39, 0.29) is 17.2 Å². The van der Waals surface area contributed by atoms with Crippen molar-refractivity contribution in [2.24, 2.45) is 5.92 Å². The Morgan fingerprint density at radius 1 is 0.862 bits per heavy atom. The molecular formula is C26H39NO2. The van der Waals surface area contributed by atoms with Crippen molar-refractivity contribution in [1.29, 1.82) is 0 Å². The minimum absolute atomic E-state index is 0.000768. The molecule has 0 radical (unpaired) electrons. The molecule has 0 bridgehead atoms. The maximum atomic E-state index is 6.61. The van der Waals surface area contributed by atoms with Crippen molar-refractivity contribution >= 4 is 0 Å². The van der Waals surface area contributed by atoms with Crippen molar-refractivity contribution in [2.45, 2.75) is 71.8 Å². The number of rotatable bonds is 11. The molecule has 1 atom stereocenters. The standard InChI is InChI=1S/C26H39NO2/c1-21(2)26(5,6)29-24(20-28-23-16-12-9-13-17-23)18-25(3,4)27(7)19-22-14-10-8-11-15-22/h8-17,21,24H,18-20H2,1-7H3. The molecule has 0 fully saturated rings. The highest BCUT2D eigenvalue weighted by molar-refractivity contribution is 5.21. The summed E-state index contributed by atoms with van der Waals surface area (Å²) >= 11 is 0. The van der Waals surface area contributed by atoms with Gasteiger partial charge >= 0.3 is 0 Å². The molecule has 2 rings (SSSR count). The van der Waals surface area contributed by atoms with E-state index in [0.717, 1.165) is 18.7 Å². The van der Waals surface area contributed by atoms with Crippen LogP contribution in [0.1, 0.15) is 53.5 Å². The van der Waals surface area contributed by atoms with E-state index in [1.165, 1.54) is 5.56 Å². The average Bonchev–Trinajstić information content (AvgIpc) is 2.67. The van der Waals surface area contributed by atoms with Crippen LogP contribution in [0.5, 0.6) is 5.75 Å². The van der Waals surface area contributed by atoms with Gasteiger partial charge in [-0.1, -0.05) is 62.4 Å². The maximum Gasteiger partial charge on any atom is 0.119 e. The zero-order valence-corrected chi connectivity index (χ0v) is 19.3. The first kappa shape index (κ1) is 23.4. The summed E-state index contributed by atoms with van der Waals surface area (Å²) in [6, 6.07) is 20.6. The second-order valence-corrected chi connectivity index (χ2v) is 9.48. The summed E-state index contributed by atoms with van der Waals surface area (Å²) in [5, 5.41) is 0. The Morgan fingerprint density at radius 2 is 1.41 bits per heavy atom. The molecule has 2 aromatic rings. The second-order valence-electron chi connectivity index (χ2n) is 9.48. The van der Waals surface area contributed by atoms with E-state index in [4.69, 9.17) is 9.47 Å². The smallest absolute Gasteiger partial charge is 0.119 e. The van der Waals surface area contributed by atoms with Crippen LogP contribution in [0.15, 0.2) is 60.7 Å². The summed E-state index contributed by atoms with van der Waals surface area (Å²) in [6.07, 6.45) is 0.889. The van der Waals surface area contributed by atoms with Crippen molar-refractivity contribution in [3.8, 4) is 5.75 Å². The van der Waals surface area contributed by atoms with Gasteiger partial charge in [-0.15, -0.1) is 0 Å². The zero-order chi connectivity index (χ0) is 21.5. The molecule has 0 saturated heterocycles. The van der Waals surface area contributed by atoms with E-state index >= 15 is 0 Å². The topological polar surface area (TPSA) is 21.7 Å². The molecule has 0 amide bonds. The zero-order valence-electron chi connectivity index (χ0n) is 19.3. The van der Waals surface area contributed by atoms with Gasteiger partial charge in [0.1, 0.15) is 12.4 Å². The minimum Gasteiger partial charge on any atom is -0.491 e. The van der Waals surface area contributed by atoms with Crippen LogP contribution in [0.3, 0.4) is 0 Å². The van der Waals surface area contributed by atoms with E-state index in [1.54, 1.807) is 0 Å². The van der Waals surface area contributed by atoms with Crippen molar-refractivity contribution in [3.63, 3.8) is 0 Å². The van der Waals surface area contributed by atoms with Gasteiger partial charge in [-0.25, -0.2) is 0 Å². The molecular weight excluding hydrogens is 358 g/mol. The molecule has 0 aliphatic carbocycles. The lowest BCUT2D eigenvalue weighted by molar-refractivity contribution is -0.124. The summed E-state index contributed by atoms with van der Waals surface area (Å²) < 4.78 is 12.7. The first-order chi connectivity index (χ1) is 13.6. The second kappa shape index (κ2) is 10.3. The van der Waals surface area contributed by atoms with Gasteiger partial charge in [0.15, 0.2) is 0 Å². The molecule has 0 aliphatic rings. The van der Waals surface area contributed by atoms with Gasteiger partial charge in [-0.3, -0.25) is 4.90 Å². The van der Waals surface area contributed by atoms with E-state index in [9.17, 15) is 0 Å². The van der Waals surface area contributed by atoms with Gasteiger partial charge in [-0.05, 0) is 64.8 Å². The molecule has 1 unspecified atom stereocenters. The van der Waals surface area contributed by atoms with Gasteiger partial charge in [0.2, 0.25) is 0 Å². The Morgan fingerprint density at radius 3 is 1.97 bits per heavy atom. The van der Waals surface area contributed by atoms with Crippen LogP contribution < -0.4 is 4.74 Å². The molecule has 0 aliphatic heterocycles. The maximum absolute atomic E-state index is 6.61. The summed E-state index contributed by atoms with van der Waals surface area (Å²) in [6.45, 7) is 14.8. The fraction of sp³-hybridized carbons (Fsp3) is 0.538. The van der Waals surface area contributed by atoms with Crippen molar-refractivity contribution in [1.82, 2.24) is 4.90 Å². The van der Waals surface area contributed by atoms with Crippen LogP contribution in [0.2, 0.25) is 0 Å². The molecule has 160 valence electrons. The van der Waals surface area contributed by atoms with Crippen LogP contribution >= 0.6 is 0 Å². The Balaban J connectivity index is 2.09. The molecule has 3 heteroatoms. The monoisotopic (exact) mass is 397 g/mol. The number of hydrogen-bond donors (Lipinski definition) is 0. The average molecular weight is 398 g/mol. The summed E-state index contributed by atoms with van der Waals surface area (Å²) in [7, 11) is 2.19. The summed E-state index contributed by atoms with van der Waals surface area (Å²) in [5.41, 5.74) is 1.08. The third-order valence-electron chi connectivity index (χ3n) is 6.06. The van der Waals surface area contributed by atoms with Crippen molar-refractivity contribution in [3.05, 3.63) is 66.2 Å². The fourth-order valence-electron chi connectivity index (χ4n) is 3.19. The number of nitrogens with zero attached hydrogens (tertiary/aromatic N) is 1. The molecule has 2 aromatic carbocycles. The molecule has 0 aromatic heterocycles. The van der Waals surface area contributed by atoms with Crippen LogP contribution in [0.25, 0.3) is 0 Å². The first-order valence-electron chi connectivity index (χ1n) is 10.7. The number of ether oxygens (including phenoxy) is 2. The number of benzene rings is 2. The lowest BCUT2D eigenvalue weighted by atomic mass is 9.91. The molecule has 0 spiro atoms.